The monoisotopic (exact) mass is 360 g/mol. The van der Waals surface area contributed by atoms with Crippen molar-refractivity contribution in [2.75, 3.05) is 0 Å². The second-order valence-corrected chi connectivity index (χ2v) is 7.03. The lowest BCUT2D eigenvalue weighted by molar-refractivity contribution is 0.627. The fourth-order valence-electron chi connectivity index (χ4n) is 2.11. The van der Waals surface area contributed by atoms with Gasteiger partial charge in [-0.15, -0.1) is 11.3 Å². The summed E-state index contributed by atoms with van der Waals surface area (Å²) in [5.41, 5.74) is 2.03. The summed E-state index contributed by atoms with van der Waals surface area (Å²) >= 11 is 19.5. The molecule has 21 heavy (non-hydrogen) atoms. The molecule has 7 heteroatoms. The van der Waals surface area contributed by atoms with Crippen molar-refractivity contribution in [3.8, 4) is 11.4 Å². The lowest BCUT2D eigenvalue weighted by Crippen LogP contribution is -1.96. The molecule has 3 rings (SSSR count). The Kier molecular flexibility index (Phi) is 4.06. The maximum Gasteiger partial charge on any atom is 0.163 e. The number of hydrogen-bond donors (Lipinski definition) is 0. The van der Waals surface area contributed by atoms with Crippen LogP contribution >= 0.6 is 46.1 Å². The highest BCUT2D eigenvalue weighted by atomic mass is 35.5. The molecule has 2 aromatic heterocycles. The molecule has 2 nitrogen and oxygen atoms in total. The molecule has 0 bridgehead atoms. The maximum absolute atomic E-state index is 13.6. The highest BCUT2D eigenvalue weighted by Crippen LogP contribution is 2.38. The lowest BCUT2D eigenvalue weighted by atomic mass is 10.1. The number of halogens is 4. The van der Waals surface area contributed by atoms with Crippen molar-refractivity contribution in [3.63, 3.8) is 0 Å². The predicted molar refractivity (Wildman–Crippen MR) is 87.2 cm³/mol. The van der Waals surface area contributed by atoms with Gasteiger partial charge in [-0.3, -0.25) is 0 Å². The summed E-state index contributed by atoms with van der Waals surface area (Å²) in [4.78, 5) is 8.71. The Morgan fingerprint density at radius 3 is 2.52 bits per heavy atom. The zero-order chi connectivity index (χ0) is 15.1. The van der Waals surface area contributed by atoms with Crippen LogP contribution in [0.2, 0.25) is 13.8 Å². The zero-order valence-electron chi connectivity index (χ0n) is 10.8. The Balaban J connectivity index is 2.32. The first-order valence-electron chi connectivity index (χ1n) is 6.10. The lowest BCUT2D eigenvalue weighted by Gasteiger charge is -2.08. The van der Waals surface area contributed by atoms with E-state index in [1.807, 2.05) is 6.92 Å². The molecular formula is C14H8Cl3FN2S. The van der Waals surface area contributed by atoms with Crippen molar-refractivity contribution in [1.82, 2.24) is 9.97 Å². The smallest absolute Gasteiger partial charge is 0.163 e. The van der Waals surface area contributed by atoms with E-state index in [4.69, 9.17) is 34.8 Å². The summed E-state index contributed by atoms with van der Waals surface area (Å²) in [6.07, 6.45) is 0.638. The van der Waals surface area contributed by atoms with Gasteiger partial charge in [-0.25, -0.2) is 14.4 Å². The highest BCUT2D eigenvalue weighted by Gasteiger charge is 2.16. The van der Waals surface area contributed by atoms with Crippen molar-refractivity contribution in [2.24, 2.45) is 0 Å². The molecule has 3 aromatic rings. The third kappa shape index (κ3) is 2.73. The summed E-state index contributed by atoms with van der Waals surface area (Å²) in [6.45, 7) is 1.93. The molecule has 1 aromatic carbocycles. The third-order valence-electron chi connectivity index (χ3n) is 3.08. The first kappa shape index (κ1) is 15.0. The van der Waals surface area contributed by atoms with E-state index >= 15 is 0 Å². The number of rotatable bonds is 2. The van der Waals surface area contributed by atoms with Crippen molar-refractivity contribution < 1.29 is 4.39 Å². The quantitative estimate of drug-likeness (QED) is 0.522. The van der Waals surface area contributed by atoms with E-state index < -0.39 is 0 Å². The fraction of sp³-hybridized carbons (Fsp3) is 0.143. The first-order valence-corrected chi connectivity index (χ1v) is 8.05. The molecule has 0 aliphatic rings. The summed E-state index contributed by atoms with van der Waals surface area (Å²) in [6, 6.07) is 4.49. The largest absolute Gasteiger partial charge is 0.228 e. The van der Waals surface area contributed by atoms with Gasteiger partial charge < -0.3 is 0 Å². The number of thiophene rings is 1. The van der Waals surface area contributed by atoms with E-state index in [1.165, 1.54) is 23.5 Å². The highest BCUT2D eigenvalue weighted by molar-refractivity contribution is 7.20. The second-order valence-electron chi connectivity index (χ2n) is 4.39. The van der Waals surface area contributed by atoms with Crippen molar-refractivity contribution in [1.29, 1.82) is 0 Å². The molecule has 0 N–H and O–H groups in total. The van der Waals surface area contributed by atoms with Crippen LogP contribution in [-0.4, -0.2) is 9.97 Å². The maximum atomic E-state index is 13.6. The van der Waals surface area contributed by atoms with Crippen LogP contribution in [-0.2, 0) is 6.42 Å². The Bertz CT molecular complexity index is 848. The van der Waals surface area contributed by atoms with E-state index in [9.17, 15) is 4.39 Å². The third-order valence-corrected chi connectivity index (χ3v) is 4.85. The molecule has 0 atom stereocenters. The van der Waals surface area contributed by atoms with Crippen LogP contribution in [0, 0.1) is 5.82 Å². The number of nitrogens with zero attached hydrogens (tertiary/aromatic N) is 2. The van der Waals surface area contributed by atoms with Gasteiger partial charge in [0.25, 0.3) is 0 Å². The zero-order valence-corrected chi connectivity index (χ0v) is 13.8. The van der Waals surface area contributed by atoms with Gasteiger partial charge in [0.1, 0.15) is 15.3 Å². The van der Waals surface area contributed by atoms with Crippen molar-refractivity contribution in [3.05, 3.63) is 43.4 Å². The molecule has 0 spiro atoms. The number of benzene rings is 1. The molecule has 0 unspecified atom stereocenters. The standard InChI is InChI=1S/C14H8Cl3FN2S/c1-2-6-3-7(18)4-8-11(6)19-14(20-12(8)16)9-5-10(15)21-13(9)17/h3-5H,2H2,1H3. The van der Waals surface area contributed by atoms with Crippen molar-refractivity contribution in [2.45, 2.75) is 13.3 Å². The predicted octanol–water partition coefficient (Wildman–Crippen LogP) is 6.02. The van der Waals surface area contributed by atoms with Crippen LogP contribution in [0.25, 0.3) is 22.3 Å². The topological polar surface area (TPSA) is 25.8 Å². The number of aryl methyl sites for hydroxylation is 1. The molecule has 2 heterocycles. The van der Waals surface area contributed by atoms with Gasteiger partial charge in [0, 0.05) is 5.39 Å². The molecular weight excluding hydrogens is 354 g/mol. The Hall–Kier alpha value is -0.940. The SMILES string of the molecule is CCc1cc(F)cc2c(Cl)nc(-c3cc(Cl)sc3Cl)nc12. The Morgan fingerprint density at radius 2 is 1.90 bits per heavy atom. The van der Waals surface area contributed by atoms with Gasteiger partial charge >= 0.3 is 0 Å². The molecule has 0 aliphatic carbocycles. The van der Waals surface area contributed by atoms with Crippen LogP contribution in [0.4, 0.5) is 4.39 Å². The fourth-order valence-corrected chi connectivity index (χ4v) is 3.79. The first-order chi connectivity index (χ1) is 9.99. The average molecular weight is 362 g/mol. The van der Waals surface area contributed by atoms with E-state index in [0.29, 0.717) is 37.4 Å². The number of fused-ring (bicyclic) bond motifs is 1. The average Bonchev–Trinajstić information content (AvgIpc) is 2.77. The van der Waals surface area contributed by atoms with Gasteiger partial charge in [0.2, 0.25) is 0 Å². The van der Waals surface area contributed by atoms with Gasteiger partial charge in [-0.05, 0) is 30.2 Å². The molecule has 0 fully saturated rings. The summed E-state index contributed by atoms with van der Waals surface area (Å²) in [5, 5.41) is 0.692. The van der Waals surface area contributed by atoms with Crippen LogP contribution in [0.5, 0.6) is 0 Å². The normalized spacial score (nSPS) is 11.3. The summed E-state index contributed by atoms with van der Waals surface area (Å²) in [7, 11) is 0. The molecule has 0 aliphatic heterocycles. The summed E-state index contributed by atoms with van der Waals surface area (Å²) < 4.78 is 14.6. The van der Waals surface area contributed by atoms with Crippen LogP contribution < -0.4 is 0 Å². The second kappa shape index (κ2) is 5.69. The minimum atomic E-state index is -0.353. The number of aromatic nitrogens is 2. The van der Waals surface area contributed by atoms with Gasteiger partial charge in [-0.2, -0.15) is 0 Å². The molecule has 0 saturated heterocycles. The van der Waals surface area contributed by atoms with Gasteiger partial charge in [-0.1, -0.05) is 41.7 Å². The summed E-state index contributed by atoms with van der Waals surface area (Å²) in [5.74, 6) is 0.0381. The molecule has 0 saturated carbocycles. The molecule has 0 amide bonds. The van der Waals surface area contributed by atoms with Crippen LogP contribution in [0.1, 0.15) is 12.5 Å². The van der Waals surface area contributed by atoms with Gasteiger partial charge in [0.05, 0.1) is 15.4 Å². The number of hydrogen-bond acceptors (Lipinski definition) is 3. The van der Waals surface area contributed by atoms with Gasteiger partial charge in [0.15, 0.2) is 5.82 Å². The van der Waals surface area contributed by atoms with Crippen LogP contribution in [0.3, 0.4) is 0 Å². The van der Waals surface area contributed by atoms with E-state index in [1.54, 1.807) is 6.07 Å². The molecule has 108 valence electrons. The van der Waals surface area contributed by atoms with E-state index in [-0.39, 0.29) is 11.0 Å². The van der Waals surface area contributed by atoms with E-state index in [0.717, 1.165) is 5.56 Å². The van der Waals surface area contributed by atoms with Crippen LogP contribution in [0.15, 0.2) is 18.2 Å². The minimum Gasteiger partial charge on any atom is -0.228 e. The minimum absolute atomic E-state index is 0.197. The van der Waals surface area contributed by atoms with E-state index in [2.05, 4.69) is 9.97 Å². The Labute approximate surface area is 139 Å². The molecule has 0 radical (unpaired) electrons. The Morgan fingerprint density at radius 1 is 1.14 bits per heavy atom. The van der Waals surface area contributed by atoms with Crippen molar-refractivity contribution >= 4 is 57.0 Å².